The second-order valence-corrected chi connectivity index (χ2v) is 6.21. The second kappa shape index (κ2) is 6.15. The summed E-state index contributed by atoms with van der Waals surface area (Å²) < 4.78 is 45.3. The van der Waals surface area contributed by atoms with Crippen molar-refractivity contribution in [1.29, 1.82) is 0 Å². The van der Waals surface area contributed by atoms with Gasteiger partial charge in [0.1, 0.15) is 10.7 Å². The number of ether oxygens (including phenoxy) is 1. The molecule has 0 fully saturated rings. The molecule has 0 saturated carbocycles. The molecule has 0 radical (unpaired) electrons. The van der Waals surface area contributed by atoms with Crippen LogP contribution in [-0.2, 0) is 14.8 Å². The van der Waals surface area contributed by atoms with Crippen LogP contribution in [0.3, 0.4) is 0 Å². The van der Waals surface area contributed by atoms with Crippen LogP contribution in [0.4, 0.5) is 10.1 Å². The number of halogens is 1. The number of hydrogen-bond acceptors (Lipinski definition) is 4. The number of carbonyl (C=O) groups is 1. The summed E-state index contributed by atoms with van der Waals surface area (Å²) in [5.41, 5.74) is 0.982. The highest BCUT2D eigenvalue weighted by Crippen LogP contribution is 2.22. The minimum atomic E-state index is -4.16. The predicted octanol–water partition coefficient (Wildman–Crippen LogP) is 2.72. The second-order valence-electron chi connectivity index (χ2n) is 4.56. The van der Waals surface area contributed by atoms with Gasteiger partial charge in [0.25, 0.3) is 10.0 Å². The Morgan fingerprint density at radius 3 is 2.50 bits per heavy atom. The predicted molar refractivity (Wildman–Crippen MR) is 79.7 cm³/mol. The SMILES string of the molecule is COC(=O)c1ccc(F)c(S(=O)(=O)Nc2ccccc2C)c1. The lowest BCUT2D eigenvalue weighted by atomic mass is 10.2. The number of methoxy groups -OCH3 is 1. The van der Waals surface area contributed by atoms with Gasteiger partial charge in [-0.3, -0.25) is 4.72 Å². The molecule has 0 aliphatic carbocycles. The Bertz CT molecular complexity index is 818. The summed E-state index contributed by atoms with van der Waals surface area (Å²) in [6, 6.07) is 9.72. The van der Waals surface area contributed by atoms with E-state index in [-0.39, 0.29) is 5.56 Å². The zero-order chi connectivity index (χ0) is 16.3. The van der Waals surface area contributed by atoms with E-state index in [4.69, 9.17) is 0 Å². The van der Waals surface area contributed by atoms with Crippen LogP contribution in [0.2, 0.25) is 0 Å². The lowest BCUT2D eigenvalue weighted by Crippen LogP contribution is -2.16. The minimum Gasteiger partial charge on any atom is -0.465 e. The molecule has 0 aliphatic heterocycles. The third-order valence-electron chi connectivity index (χ3n) is 3.03. The number of sulfonamides is 1. The summed E-state index contributed by atoms with van der Waals surface area (Å²) in [4.78, 5) is 10.8. The standard InChI is InChI=1S/C15H14FNO4S/c1-10-5-3-4-6-13(10)17-22(19,20)14-9-11(15(18)21-2)7-8-12(14)16/h3-9,17H,1-2H3. The Kier molecular flexibility index (Phi) is 4.46. The number of anilines is 1. The smallest absolute Gasteiger partial charge is 0.337 e. The Hall–Kier alpha value is -2.41. The van der Waals surface area contributed by atoms with Gasteiger partial charge in [0, 0.05) is 0 Å². The molecule has 0 heterocycles. The molecule has 0 aliphatic rings. The zero-order valence-corrected chi connectivity index (χ0v) is 12.8. The topological polar surface area (TPSA) is 72.5 Å². The molecule has 0 saturated heterocycles. The number of hydrogen-bond donors (Lipinski definition) is 1. The lowest BCUT2D eigenvalue weighted by Gasteiger charge is -2.11. The summed E-state index contributed by atoms with van der Waals surface area (Å²) in [7, 11) is -3.01. The molecule has 0 atom stereocenters. The van der Waals surface area contributed by atoms with E-state index in [1.807, 2.05) is 0 Å². The van der Waals surface area contributed by atoms with Crippen molar-refractivity contribution < 1.29 is 22.3 Å². The van der Waals surface area contributed by atoms with E-state index in [9.17, 15) is 17.6 Å². The van der Waals surface area contributed by atoms with Crippen molar-refractivity contribution in [3.63, 3.8) is 0 Å². The molecule has 1 N–H and O–H groups in total. The van der Waals surface area contributed by atoms with Crippen molar-refractivity contribution in [3.05, 3.63) is 59.4 Å². The first-order chi connectivity index (χ1) is 10.3. The van der Waals surface area contributed by atoms with Gasteiger partial charge in [0.2, 0.25) is 0 Å². The van der Waals surface area contributed by atoms with Crippen LogP contribution in [0, 0.1) is 12.7 Å². The van der Waals surface area contributed by atoms with Gasteiger partial charge in [0.05, 0.1) is 18.4 Å². The molecule has 5 nitrogen and oxygen atoms in total. The summed E-state index contributed by atoms with van der Waals surface area (Å²) in [5.74, 6) is -1.69. The van der Waals surface area contributed by atoms with Crippen LogP contribution in [0.5, 0.6) is 0 Å². The van der Waals surface area contributed by atoms with Crippen molar-refractivity contribution in [2.45, 2.75) is 11.8 Å². The van der Waals surface area contributed by atoms with E-state index in [2.05, 4.69) is 9.46 Å². The molecule has 0 amide bonds. The van der Waals surface area contributed by atoms with Crippen molar-refractivity contribution in [2.24, 2.45) is 0 Å². The number of carbonyl (C=O) groups excluding carboxylic acids is 1. The molecule has 0 spiro atoms. The van der Waals surface area contributed by atoms with Crippen molar-refractivity contribution >= 4 is 21.7 Å². The molecular weight excluding hydrogens is 309 g/mol. The largest absolute Gasteiger partial charge is 0.465 e. The van der Waals surface area contributed by atoms with E-state index >= 15 is 0 Å². The van der Waals surface area contributed by atoms with Gasteiger partial charge in [-0.1, -0.05) is 18.2 Å². The summed E-state index contributed by atoms with van der Waals surface area (Å²) >= 11 is 0. The molecule has 2 aromatic rings. The van der Waals surface area contributed by atoms with Crippen LogP contribution >= 0.6 is 0 Å². The van der Waals surface area contributed by atoms with Crippen LogP contribution in [0.25, 0.3) is 0 Å². The molecule has 0 aromatic heterocycles. The van der Waals surface area contributed by atoms with Crippen molar-refractivity contribution in [3.8, 4) is 0 Å². The van der Waals surface area contributed by atoms with Crippen LogP contribution in [0.1, 0.15) is 15.9 Å². The number of aryl methyl sites for hydroxylation is 1. The van der Waals surface area contributed by atoms with Gasteiger partial charge in [0.15, 0.2) is 0 Å². The maximum Gasteiger partial charge on any atom is 0.337 e. The summed E-state index contributed by atoms with van der Waals surface area (Å²) in [6.07, 6.45) is 0. The zero-order valence-electron chi connectivity index (χ0n) is 12.0. The van der Waals surface area contributed by atoms with E-state index in [0.717, 1.165) is 25.3 Å². The third kappa shape index (κ3) is 3.25. The first-order valence-corrected chi connectivity index (χ1v) is 7.80. The summed E-state index contributed by atoms with van der Waals surface area (Å²) in [5, 5.41) is 0. The molecule has 116 valence electrons. The third-order valence-corrected chi connectivity index (χ3v) is 4.41. The van der Waals surface area contributed by atoms with E-state index < -0.39 is 26.7 Å². The fourth-order valence-electron chi connectivity index (χ4n) is 1.84. The average Bonchev–Trinajstić information content (AvgIpc) is 2.49. The Morgan fingerprint density at radius 1 is 1.18 bits per heavy atom. The van der Waals surface area contributed by atoms with Gasteiger partial charge in [-0.05, 0) is 36.8 Å². The number of benzene rings is 2. The number of para-hydroxylation sites is 1. The van der Waals surface area contributed by atoms with Gasteiger partial charge < -0.3 is 4.74 Å². The maximum absolute atomic E-state index is 13.9. The molecule has 0 unspecified atom stereocenters. The molecule has 2 aromatic carbocycles. The fraction of sp³-hybridized carbons (Fsp3) is 0.133. The van der Waals surface area contributed by atoms with E-state index in [1.54, 1.807) is 31.2 Å². The first-order valence-electron chi connectivity index (χ1n) is 6.31. The normalized spacial score (nSPS) is 11.0. The highest BCUT2D eigenvalue weighted by atomic mass is 32.2. The number of nitrogens with one attached hydrogen (secondary N) is 1. The van der Waals surface area contributed by atoms with Crippen LogP contribution in [-0.4, -0.2) is 21.5 Å². The van der Waals surface area contributed by atoms with Crippen molar-refractivity contribution in [2.75, 3.05) is 11.8 Å². The Balaban J connectivity index is 2.45. The van der Waals surface area contributed by atoms with E-state index in [1.165, 1.54) is 0 Å². The van der Waals surface area contributed by atoms with Crippen LogP contribution < -0.4 is 4.72 Å². The Morgan fingerprint density at radius 2 is 1.86 bits per heavy atom. The highest BCUT2D eigenvalue weighted by molar-refractivity contribution is 7.92. The first kappa shape index (κ1) is 16.0. The molecule has 7 heteroatoms. The number of rotatable bonds is 4. The van der Waals surface area contributed by atoms with Gasteiger partial charge in [-0.25, -0.2) is 17.6 Å². The highest BCUT2D eigenvalue weighted by Gasteiger charge is 2.22. The quantitative estimate of drug-likeness (QED) is 0.878. The minimum absolute atomic E-state index is 0.0472. The monoisotopic (exact) mass is 323 g/mol. The fourth-order valence-corrected chi connectivity index (χ4v) is 3.08. The Labute approximate surface area is 127 Å². The summed E-state index contributed by atoms with van der Waals surface area (Å²) in [6.45, 7) is 1.72. The average molecular weight is 323 g/mol. The van der Waals surface area contributed by atoms with E-state index in [0.29, 0.717) is 11.3 Å². The van der Waals surface area contributed by atoms with Gasteiger partial charge in [-0.15, -0.1) is 0 Å². The molecule has 22 heavy (non-hydrogen) atoms. The van der Waals surface area contributed by atoms with Gasteiger partial charge >= 0.3 is 5.97 Å². The van der Waals surface area contributed by atoms with Gasteiger partial charge in [-0.2, -0.15) is 0 Å². The maximum atomic E-state index is 13.9. The molecule has 0 bridgehead atoms. The van der Waals surface area contributed by atoms with Crippen LogP contribution in [0.15, 0.2) is 47.4 Å². The molecular formula is C15H14FNO4S. The molecule has 2 rings (SSSR count). The number of esters is 1. The lowest BCUT2D eigenvalue weighted by molar-refractivity contribution is 0.0600. The van der Waals surface area contributed by atoms with Crippen molar-refractivity contribution in [1.82, 2.24) is 0 Å².